The van der Waals surface area contributed by atoms with E-state index in [4.69, 9.17) is 4.74 Å². The van der Waals surface area contributed by atoms with Crippen molar-refractivity contribution < 1.29 is 9.53 Å². The van der Waals surface area contributed by atoms with Gasteiger partial charge in [0.25, 0.3) is 5.91 Å². The predicted octanol–water partition coefficient (Wildman–Crippen LogP) is 3.06. The fourth-order valence-electron chi connectivity index (χ4n) is 2.42. The number of carbonyl (C=O) groups excluding carboxylic acids is 1. The van der Waals surface area contributed by atoms with E-state index in [2.05, 4.69) is 17.6 Å². The predicted molar refractivity (Wildman–Crippen MR) is 83.8 cm³/mol. The van der Waals surface area contributed by atoms with E-state index in [0.29, 0.717) is 12.3 Å². The number of fused-ring (bicyclic) bond motifs is 1. The molecule has 1 heterocycles. The molecule has 0 saturated heterocycles. The second-order valence-electron chi connectivity index (χ2n) is 4.98. The van der Waals surface area contributed by atoms with E-state index in [1.807, 2.05) is 48.5 Å². The molecule has 0 spiro atoms. The normalized spacial score (nSPS) is 16.3. The second-order valence-corrected chi connectivity index (χ2v) is 4.98. The molecule has 3 rings (SSSR count). The minimum atomic E-state index is -0.523. The summed E-state index contributed by atoms with van der Waals surface area (Å²) in [6.07, 6.45) is 0.355. The Labute approximate surface area is 124 Å². The van der Waals surface area contributed by atoms with Crippen molar-refractivity contribution in [3.05, 3.63) is 54.1 Å². The van der Waals surface area contributed by atoms with Gasteiger partial charge in [0.15, 0.2) is 6.10 Å². The third-order valence-electron chi connectivity index (χ3n) is 3.58. The number of hydrogen-bond acceptors (Lipinski definition) is 3. The summed E-state index contributed by atoms with van der Waals surface area (Å²) in [5, 5.41) is 6.18. The number of nitrogens with one attached hydrogen (secondary N) is 2. The van der Waals surface area contributed by atoms with Crippen LogP contribution in [0.3, 0.4) is 0 Å². The maximum atomic E-state index is 12.4. The highest BCUT2D eigenvalue weighted by Crippen LogP contribution is 2.28. The van der Waals surface area contributed by atoms with Crippen molar-refractivity contribution in [3.63, 3.8) is 0 Å². The molecule has 0 aliphatic carbocycles. The van der Waals surface area contributed by atoms with Gasteiger partial charge in [0.1, 0.15) is 5.75 Å². The quantitative estimate of drug-likeness (QED) is 0.909. The smallest absolute Gasteiger partial charge is 0.267 e. The third-order valence-corrected chi connectivity index (χ3v) is 3.58. The van der Waals surface area contributed by atoms with Gasteiger partial charge in [-0.05, 0) is 30.2 Å². The molecule has 1 aliphatic rings. The molecular weight excluding hydrogens is 264 g/mol. The molecule has 4 nitrogen and oxygen atoms in total. The fourth-order valence-corrected chi connectivity index (χ4v) is 2.42. The molecule has 21 heavy (non-hydrogen) atoms. The van der Waals surface area contributed by atoms with E-state index in [1.165, 1.54) is 0 Å². The summed E-state index contributed by atoms with van der Waals surface area (Å²) in [5.41, 5.74) is 2.90. The molecule has 1 atom stereocenters. The Morgan fingerprint density at radius 2 is 2.00 bits per heavy atom. The first-order chi connectivity index (χ1) is 10.3. The summed E-state index contributed by atoms with van der Waals surface area (Å²) in [4.78, 5) is 12.4. The average molecular weight is 282 g/mol. The summed E-state index contributed by atoms with van der Waals surface area (Å²) in [6.45, 7) is 2.54. The van der Waals surface area contributed by atoms with Gasteiger partial charge in [0.05, 0.1) is 12.2 Å². The van der Waals surface area contributed by atoms with Crippen LogP contribution in [0.1, 0.15) is 12.5 Å². The Bertz CT molecular complexity index is 655. The molecule has 0 radical (unpaired) electrons. The molecular formula is C17H18N2O2. The number of aryl methyl sites for hydroxylation is 1. The van der Waals surface area contributed by atoms with Crippen molar-refractivity contribution in [2.45, 2.75) is 19.4 Å². The van der Waals surface area contributed by atoms with E-state index in [1.54, 1.807) is 0 Å². The Morgan fingerprint density at radius 3 is 2.86 bits per heavy atom. The van der Waals surface area contributed by atoms with Crippen LogP contribution in [0.5, 0.6) is 5.75 Å². The lowest BCUT2D eigenvalue weighted by molar-refractivity contribution is -0.122. The monoisotopic (exact) mass is 282 g/mol. The van der Waals surface area contributed by atoms with Crippen LogP contribution < -0.4 is 15.4 Å². The Balaban J connectivity index is 1.72. The summed E-state index contributed by atoms with van der Waals surface area (Å²) < 4.78 is 5.76. The first kappa shape index (κ1) is 13.5. The Hall–Kier alpha value is -2.49. The summed E-state index contributed by atoms with van der Waals surface area (Å²) in [7, 11) is 0. The van der Waals surface area contributed by atoms with Crippen molar-refractivity contribution in [2.24, 2.45) is 0 Å². The van der Waals surface area contributed by atoms with Gasteiger partial charge in [0, 0.05) is 5.69 Å². The van der Waals surface area contributed by atoms with Crippen LogP contribution in [0, 0.1) is 0 Å². The number of rotatable bonds is 3. The zero-order valence-electron chi connectivity index (χ0n) is 11.9. The molecule has 0 bridgehead atoms. The molecule has 0 fully saturated rings. The number of benzene rings is 2. The molecule has 0 aromatic heterocycles. The fraction of sp³-hybridized carbons (Fsp3) is 0.235. The lowest BCUT2D eigenvalue weighted by atomic mass is 10.1. The maximum absolute atomic E-state index is 12.4. The second kappa shape index (κ2) is 5.87. The number of anilines is 2. The van der Waals surface area contributed by atoms with Crippen LogP contribution in [-0.2, 0) is 11.2 Å². The zero-order valence-corrected chi connectivity index (χ0v) is 11.9. The highest BCUT2D eigenvalue weighted by atomic mass is 16.5. The summed E-state index contributed by atoms with van der Waals surface area (Å²) in [5.74, 6) is 0.588. The number of hydrogen-bond donors (Lipinski definition) is 2. The molecule has 4 heteroatoms. The first-order valence-electron chi connectivity index (χ1n) is 7.16. The van der Waals surface area contributed by atoms with Gasteiger partial charge >= 0.3 is 0 Å². The maximum Gasteiger partial charge on any atom is 0.267 e. The van der Waals surface area contributed by atoms with E-state index in [0.717, 1.165) is 23.4 Å². The van der Waals surface area contributed by atoms with Gasteiger partial charge in [0.2, 0.25) is 0 Å². The average Bonchev–Trinajstić information content (AvgIpc) is 2.55. The topological polar surface area (TPSA) is 50.4 Å². The number of ether oxygens (including phenoxy) is 1. The van der Waals surface area contributed by atoms with Crippen LogP contribution in [0.2, 0.25) is 0 Å². The largest absolute Gasteiger partial charge is 0.477 e. The van der Waals surface area contributed by atoms with Crippen LogP contribution in [0.4, 0.5) is 11.4 Å². The van der Waals surface area contributed by atoms with E-state index in [9.17, 15) is 4.79 Å². The van der Waals surface area contributed by atoms with Gasteiger partial charge in [-0.2, -0.15) is 0 Å². The van der Waals surface area contributed by atoms with Crippen molar-refractivity contribution in [1.29, 1.82) is 0 Å². The Kier molecular flexibility index (Phi) is 3.77. The lowest BCUT2D eigenvalue weighted by Crippen LogP contribution is -2.41. The van der Waals surface area contributed by atoms with E-state index >= 15 is 0 Å². The van der Waals surface area contributed by atoms with Crippen molar-refractivity contribution in [1.82, 2.24) is 0 Å². The van der Waals surface area contributed by atoms with Crippen LogP contribution in [0.15, 0.2) is 48.5 Å². The number of para-hydroxylation sites is 3. The van der Waals surface area contributed by atoms with Gasteiger partial charge in [-0.1, -0.05) is 37.3 Å². The summed E-state index contributed by atoms with van der Waals surface area (Å²) in [6, 6.07) is 15.5. The van der Waals surface area contributed by atoms with E-state index < -0.39 is 6.10 Å². The van der Waals surface area contributed by atoms with Crippen molar-refractivity contribution in [3.8, 4) is 5.75 Å². The number of amides is 1. The van der Waals surface area contributed by atoms with Crippen LogP contribution >= 0.6 is 0 Å². The van der Waals surface area contributed by atoms with E-state index in [-0.39, 0.29) is 5.91 Å². The van der Waals surface area contributed by atoms with Crippen LogP contribution in [0.25, 0.3) is 0 Å². The first-order valence-corrected chi connectivity index (χ1v) is 7.16. The lowest BCUT2D eigenvalue weighted by Gasteiger charge is -2.26. The standard InChI is InChI=1S/C17H18N2O2/c1-2-12-7-3-4-8-13(12)19-17(20)16-11-18-14-9-5-6-10-15(14)21-16/h3-10,16,18H,2,11H2,1H3,(H,19,20). The number of carbonyl (C=O) groups is 1. The summed E-state index contributed by atoms with van der Waals surface area (Å²) >= 11 is 0. The highest BCUT2D eigenvalue weighted by molar-refractivity contribution is 5.95. The molecule has 2 N–H and O–H groups in total. The van der Waals surface area contributed by atoms with Gasteiger partial charge in [-0.15, -0.1) is 0 Å². The highest BCUT2D eigenvalue weighted by Gasteiger charge is 2.25. The minimum absolute atomic E-state index is 0.127. The molecule has 108 valence electrons. The third kappa shape index (κ3) is 2.84. The Morgan fingerprint density at radius 1 is 1.24 bits per heavy atom. The molecule has 1 amide bonds. The van der Waals surface area contributed by atoms with Gasteiger partial charge in [-0.3, -0.25) is 4.79 Å². The molecule has 2 aromatic rings. The minimum Gasteiger partial charge on any atom is -0.477 e. The molecule has 1 aliphatic heterocycles. The van der Waals surface area contributed by atoms with Crippen molar-refractivity contribution >= 4 is 17.3 Å². The van der Waals surface area contributed by atoms with Crippen LogP contribution in [-0.4, -0.2) is 18.6 Å². The SMILES string of the molecule is CCc1ccccc1NC(=O)C1CNc2ccccc2O1. The molecule has 0 saturated carbocycles. The molecule has 2 aromatic carbocycles. The van der Waals surface area contributed by atoms with Gasteiger partial charge in [-0.25, -0.2) is 0 Å². The molecule has 1 unspecified atom stereocenters. The van der Waals surface area contributed by atoms with Gasteiger partial charge < -0.3 is 15.4 Å². The van der Waals surface area contributed by atoms with Crippen molar-refractivity contribution in [2.75, 3.05) is 17.2 Å². The zero-order chi connectivity index (χ0) is 14.7.